The van der Waals surface area contributed by atoms with Crippen LogP contribution in [0.4, 0.5) is 5.69 Å². The van der Waals surface area contributed by atoms with E-state index < -0.39 is 5.97 Å². The first-order valence-corrected chi connectivity index (χ1v) is 8.59. The molecule has 138 valence electrons. The van der Waals surface area contributed by atoms with Gasteiger partial charge in [-0.15, -0.1) is 0 Å². The second-order valence-electron chi connectivity index (χ2n) is 5.93. The normalized spacial score (nSPS) is 10.4. The van der Waals surface area contributed by atoms with Crippen molar-refractivity contribution in [3.8, 4) is 11.4 Å². The van der Waals surface area contributed by atoms with Crippen LogP contribution in [0.1, 0.15) is 15.9 Å². The van der Waals surface area contributed by atoms with Gasteiger partial charge in [0.2, 0.25) is 5.91 Å². The second-order valence-corrected chi connectivity index (χ2v) is 6.31. The number of aromatic nitrogens is 3. The van der Waals surface area contributed by atoms with Crippen LogP contribution in [0.3, 0.4) is 0 Å². The van der Waals surface area contributed by atoms with E-state index in [2.05, 4.69) is 20.3 Å². The molecule has 27 heavy (non-hydrogen) atoms. The summed E-state index contributed by atoms with van der Waals surface area (Å²) in [5.74, 6) is -0.0903. The molecule has 1 aromatic heterocycles. The van der Waals surface area contributed by atoms with Gasteiger partial charge in [-0.2, -0.15) is 5.10 Å². The SMILES string of the molecule is COC(=O)c1ccc(NC(=O)Cn2c(-c3cccc(C)c3)n[nH]c2=S)cc1. The quantitative estimate of drug-likeness (QED) is 0.522. The standard InChI is InChI=1S/C19H18N4O3S/c1-12-4-3-5-14(10-12)17-21-22-19(27)23(17)11-16(24)20-15-8-6-13(7-9-15)18(25)26-2/h3-10H,11H2,1-2H3,(H,20,24)(H,22,27). The summed E-state index contributed by atoms with van der Waals surface area (Å²) >= 11 is 5.26. The van der Waals surface area contributed by atoms with Crippen molar-refractivity contribution in [1.29, 1.82) is 0 Å². The molecule has 2 N–H and O–H groups in total. The van der Waals surface area contributed by atoms with Crippen molar-refractivity contribution >= 4 is 29.8 Å². The first kappa shape index (κ1) is 18.5. The fourth-order valence-electron chi connectivity index (χ4n) is 2.62. The van der Waals surface area contributed by atoms with Gasteiger partial charge < -0.3 is 10.1 Å². The highest BCUT2D eigenvalue weighted by Crippen LogP contribution is 2.19. The van der Waals surface area contributed by atoms with E-state index in [0.29, 0.717) is 21.8 Å². The lowest BCUT2D eigenvalue weighted by molar-refractivity contribution is -0.116. The zero-order valence-corrected chi connectivity index (χ0v) is 15.7. The van der Waals surface area contributed by atoms with E-state index in [0.717, 1.165) is 11.1 Å². The summed E-state index contributed by atoms with van der Waals surface area (Å²) in [5, 5.41) is 9.76. The molecule has 0 bridgehead atoms. The molecule has 1 heterocycles. The molecular weight excluding hydrogens is 364 g/mol. The predicted molar refractivity (Wildman–Crippen MR) is 104 cm³/mol. The molecule has 2 aromatic carbocycles. The van der Waals surface area contributed by atoms with Crippen molar-refractivity contribution in [2.75, 3.05) is 12.4 Å². The zero-order valence-electron chi connectivity index (χ0n) is 14.9. The minimum atomic E-state index is -0.430. The minimum Gasteiger partial charge on any atom is -0.465 e. The lowest BCUT2D eigenvalue weighted by Gasteiger charge is -2.09. The first-order chi connectivity index (χ1) is 13.0. The molecule has 0 fully saturated rings. The topological polar surface area (TPSA) is 89.0 Å². The number of ether oxygens (including phenoxy) is 1. The molecule has 0 unspecified atom stereocenters. The zero-order chi connectivity index (χ0) is 19.4. The van der Waals surface area contributed by atoms with Gasteiger partial charge in [0.15, 0.2) is 10.6 Å². The van der Waals surface area contributed by atoms with Gasteiger partial charge in [0.1, 0.15) is 6.54 Å². The third-order valence-electron chi connectivity index (χ3n) is 3.93. The molecule has 0 aliphatic carbocycles. The number of hydrogen-bond donors (Lipinski definition) is 2. The van der Waals surface area contributed by atoms with Gasteiger partial charge in [0.25, 0.3) is 0 Å². The molecule has 0 radical (unpaired) electrons. The maximum Gasteiger partial charge on any atom is 0.337 e. The fraction of sp³-hybridized carbons (Fsp3) is 0.158. The Bertz CT molecular complexity index is 1040. The van der Waals surface area contributed by atoms with E-state index in [1.807, 2.05) is 31.2 Å². The number of carbonyl (C=O) groups is 2. The molecule has 8 heteroatoms. The molecule has 0 atom stereocenters. The average molecular weight is 382 g/mol. The fourth-order valence-corrected chi connectivity index (χ4v) is 2.82. The Morgan fingerprint density at radius 2 is 1.96 bits per heavy atom. The Kier molecular flexibility index (Phi) is 5.46. The molecule has 3 rings (SSSR count). The molecule has 0 saturated carbocycles. The average Bonchev–Trinajstić information content (AvgIpc) is 3.02. The maximum absolute atomic E-state index is 12.4. The van der Waals surface area contributed by atoms with Crippen molar-refractivity contribution in [2.45, 2.75) is 13.5 Å². The number of hydrogen-bond acceptors (Lipinski definition) is 5. The summed E-state index contributed by atoms with van der Waals surface area (Å²) in [5.41, 5.74) is 2.94. The number of carbonyl (C=O) groups excluding carboxylic acids is 2. The highest BCUT2D eigenvalue weighted by molar-refractivity contribution is 7.71. The lowest BCUT2D eigenvalue weighted by atomic mass is 10.1. The Morgan fingerprint density at radius 1 is 1.22 bits per heavy atom. The van der Waals surface area contributed by atoms with E-state index in [-0.39, 0.29) is 12.5 Å². The summed E-state index contributed by atoms with van der Waals surface area (Å²) in [6, 6.07) is 14.3. The van der Waals surface area contributed by atoms with E-state index in [9.17, 15) is 9.59 Å². The lowest BCUT2D eigenvalue weighted by Crippen LogP contribution is -2.19. The molecular formula is C19H18N4O3S. The van der Waals surface area contributed by atoms with Crippen LogP contribution in [0.2, 0.25) is 0 Å². The van der Waals surface area contributed by atoms with Crippen molar-refractivity contribution in [3.05, 3.63) is 64.4 Å². The molecule has 1 amide bonds. The van der Waals surface area contributed by atoms with Gasteiger partial charge in [-0.1, -0.05) is 23.8 Å². The van der Waals surface area contributed by atoms with E-state index in [4.69, 9.17) is 12.2 Å². The van der Waals surface area contributed by atoms with Crippen molar-refractivity contribution in [3.63, 3.8) is 0 Å². The molecule has 0 saturated heterocycles. The number of aryl methyl sites for hydroxylation is 1. The number of rotatable bonds is 5. The Balaban J connectivity index is 1.76. The van der Waals surface area contributed by atoms with Gasteiger partial charge in [0.05, 0.1) is 12.7 Å². The molecule has 0 spiro atoms. The number of benzene rings is 2. The summed E-state index contributed by atoms with van der Waals surface area (Å²) in [7, 11) is 1.32. The highest BCUT2D eigenvalue weighted by atomic mass is 32.1. The summed E-state index contributed by atoms with van der Waals surface area (Å²) in [4.78, 5) is 23.9. The summed E-state index contributed by atoms with van der Waals surface area (Å²) < 4.78 is 6.66. The third kappa shape index (κ3) is 4.29. The number of amides is 1. The predicted octanol–water partition coefficient (Wildman–Crippen LogP) is 3.34. The van der Waals surface area contributed by atoms with Gasteiger partial charge in [0, 0.05) is 11.3 Å². The Labute approximate surface area is 161 Å². The van der Waals surface area contributed by atoms with Gasteiger partial charge in [-0.25, -0.2) is 4.79 Å². The van der Waals surface area contributed by atoms with Gasteiger partial charge in [-0.3, -0.25) is 14.5 Å². The van der Waals surface area contributed by atoms with Crippen LogP contribution in [-0.4, -0.2) is 33.8 Å². The number of nitrogens with one attached hydrogen (secondary N) is 2. The second kappa shape index (κ2) is 7.96. The summed E-state index contributed by atoms with van der Waals surface area (Å²) in [6.45, 7) is 2.00. The number of anilines is 1. The van der Waals surface area contributed by atoms with Gasteiger partial charge in [-0.05, 0) is 49.5 Å². The molecule has 0 aliphatic rings. The van der Waals surface area contributed by atoms with Crippen molar-refractivity contribution in [1.82, 2.24) is 14.8 Å². The van der Waals surface area contributed by atoms with Crippen molar-refractivity contribution in [2.24, 2.45) is 0 Å². The Morgan fingerprint density at radius 3 is 2.63 bits per heavy atom. The van der Waals surface area contributed by atoms with Crippen LogP contribution in [0.5, 0.6) is 0 Å². The maximum atomic E-state index is 12.4. The summed E-state index contributed by atoms with van der Waals surface area (Å²) in [6.07, 6.45) is 0. The largest absolute Gasteiger partial charge is 0.465 e. The van der Waals surface area contributed by atoms with Crippen LogP contribution < -0.4 is 5.32 Å². The van der Waals surface area contributed by atoms with E-state index in [1.54, 1.807) is 28.8 Å². The van der Waals surface area contributed by atoms with Crippen LogP contribution in [0, 0.1) is 11.7 Å². The molecule has 0 aliphatic heterocycles. The number of H-pyrrole nitrogens is 1. The molecule has 7 nitrogen and oxygen atoms in total. The Hall–Kier alpha value is -3.26. The van der Waals surface area contributed by atoms with Crippen LogP contribution in [-0.2, 0) is 16.1 Å². The number of esters is 1. The van der Waals surface area contributed by atoms with Crippen LogP contribution >= 0.6 is 12.2 Å². The van der Waals surface area contributed by atoms with Crippen LogP contribution in [0.15, 0.2) is 48.5 Å². The number of aromatic amines is 1. The number of nitrogens with zero attached hydrogens (tertiary/aromatic N) is 2. The van der Waals surface area contributed by atoms with E-state index >= 15 is 0 Å². The number of methoxy groups -OCH3 is 1. The van der Waals surface area contributed by atoms with Gasteiger partial charge >= 0.3 is 5.97 Å². The van der Waals surface area contributed by atoms with Crippen molar-refractivity contribution < 1.29 is 14.3 Å². The smallest absolute Gasteiger partial charge is 0.337 e. The minimum absolute atomic E-state index is 0.0113. The first-order valence-electron chi connectivity index (χ1n) is 8.18. The van der Waals surface area contributed by atoms with Crippen LogP contribution in [0.25, 0.3) is 11.4 Å². The van der Waals surface area contributed by atoms with E-state index in [1.165, 1.54) is 7.11 Å². The molecule has 3 aromatic rings. The monoisotopic (exact) mass is 382 g/mol. The third-order valence-corrected chi connectivity index (χ3v) is 4.24. The highest BCUT2D eigenvalue weighted by Gasteiger charge is 2.13.